The summed E-state index contributed by atoms with van der Waals surface area (Å²) >= 11 is 1.39. The quantitative estimate of drug-likeness (QED) is 0.384. The number of thioether (sulfide) groups is 1. The average molecular weight is 303 g/mol. The molecule has 0 aliphatic heterocycles. The molecule has 2 rings (SSSR count). The number of ether oxygens (including phenoxy) is 2. The highest BCUT2D eigenvalue weighted by Gasteiger charge is 2.06. The lowest BCUT2D eigenvalue weighted by molar-refractivity contribution is -0.131. The first-order chi connectivity index (χ1) is 10.2. The van der Waals surface area contributed by atoms with Crippen LogP contribution >= 0.6 is 11.8 Å². The van der Waals surface area contributed by atoms with E-state index in [-0.39, 0.29) is 11.7 Å². The number of nitrogen functional groups attached to an aromatic ring is 1. The SMILES string of the molecule is CCOc1ccc(OC(=O)CSc2cccc(N)c2)cc1. The minimum absolute atomic E-state index is 0.233. The molecule has 0 aliphatic carbocycles. The van der Waals surface area contributed by atoms with Crippen LogP contribution in [0.4, 0.5) is 5.69 Å². The fourth-order valence-corrected chi connectivity index (χ4v) is 2.42. The monoisotopic (exact) mass is 303 g/mol. The maximum Gasteiger partial charge on any atom is 0.321 e. The second-order valence-electron chi connectivity index (χ2n) is 4.24. The second kappa shape index (κ2) is 7.59. The van der Waals surface area contributed by atoms with Crippen LogP contribution in [0, 0.1) is 0 Å². The summed E-state index contributed by atoms with van der Waals surface area (Å²) < 4.78 is 10.6. The van der Waals surface area contributed by atoms with E-state index in [4.69, 9.17) is 15.2 Å². The van der Waals surface area contributed by atoms with Gasteiger partial charge in [-0.3, -0.25) is 4.79 Å². The molecule has 0 radical (unpaired) electrons. The van der Waals surface area contributed by atoms with E-state index in [9.17, 15) is 4.79 Å². The van der Waals surface area contributed by atoms with Crippen LogP contribution in [-0.2, 0) is 4.79 Å². The third-order valence-corrected chi connectivity index (χ3v) is 3.55. The van der Waals surface area contributed by atoms with Crippen LogP contribution in [0.2, 0.25) is 0 Å². The number of carbonyl (C=O) groups excluding carboxylic acids is 1. The van der Waals surface area contributed by atoms with Gasteiger partial charge in [0, 0.05) is 10.6 Å². The Kier molecular flexibility index (Phi) is 5.51. The Morgan fingerprint density at radius 1 is 1.14 bits per heavy atom. The number of carbonyl (C=O) groups is 1. The normalized spacial score (nSPS) is 10.1. The molecule has 2 aromatic rings. The van der Waals surface area contributed by atoms with Crippen molar-refractivity contribution in [3.63, 3.8) is 0 Å². The predicted molar refractivity (Wildman–Crippen MR) is 84.8 cm³/mol. The van der Waals surface area contributed by atoms with Crippen molar-refractivity contribution in [2.75, 3.05) is 18.1 Å². The lowest BCUT2D eigenvalue weighted by Crippen LogP contribution is -2.10. The van der Waals surface area contributed by atoms with Gasteiger partial charge in [-0.25, -0.2) is 0 Å². The van der Waals surface area contributed by atoms with Crippen LogP contribution < -0.4 is 15.2 Å². The maximum atomic E-state index is 11.8. The van der Waals surface area contributed by atoms with Crippen molar-refractivity contribution in [1.82, 2.24) is 0 Å². The third kappa shape index (κ3) is 5.04. The van der Waals surface area contributed by atoms with Crippen molar-refractivity contribution in [1.29, 1.82) is 0 Å². The summed E-state index contributed by atoms with van der Waals surface area (Å²) in [6.07, 6.45) is 0. The maximum absolute atomic E-state index is 11.8. The molecule has 5 heteroatoms. The summed E-state index contributed by atoms with van der Waals surface area (Å²) in [6.45, 7) is 2.53. The number of esters is 1. The van der Waals surface area contributed by atoms with Crippen LogP contribution in [0.1, 0.15) is 6.92 Å². The van der Waals surface area contributed by atoms with Crippen molar-refractivity contribution in [3.8, 4) is 11.5 Å². The molecule has 0 aromatic heterocycles. The zero-order chi connectivity index (χ0) is 15.1. The molecular formula is C16H17NO3S. The van der Waals surface area contributed by atoms with Crippen molar-refractivity contribution < 1.29 is 14.3 Å². The Labute approximate surface area is 128 Å². The molecule has 110 valence electrons. The predicted octanol–water partition coefficient (Wildman–Crippen LogP) is 3.37. The van der Waals surface area contributed by atoms with Crippen molar-refractivity contribution in [3.05, 3.63) is 48.5 Å². The Bertz CT molecular complexity index is 599. The molecule has 0 atom stereocenters. The van der Waals surface area contributed by atoms with E-state index in [1.807, 2.05) is 31.2 Å². The van der Waals surface area contributed by atoms with Gasteiger partial charge in [-0.15, -0.1) is 11.8 Å². The lowest BCUT2D eigenvalue weighted by atomic mass is 10.3. The molecule has 0 heterocycles. The van der Waals surface area contributed by atoms with Gasteiger partial charge in [0.2, 0.25) is 0 Å². The first kappa shape index (κ1) is 15.3. The van der Waals surface area contributed by atoms with Crippen molar-refractivity contribution in [2.45, 2.75) is 11.8 Å². The molecule has 0 saturated heterocycles. The van der Waals surface area contributed by atoms with Crippen molar-refractivity contribution >= 4 is 23.4 Å². The van der Waals surface area contributed by atoms with Crippen LogP contribution in [0.25, 0.3) is 0 Å². The van der Waals surface area contributed by atoms with Crippen LogP contribution in [0.15, 0.2) is 53.4 Å². The summed E-state index contributed by atoms with van der Waals surface area (Å²) in [7, 11) is 0. The zero-order valence-corrected chi connectivity index (χ0v) is 12.6. The van der Waals surface area contributed by atoms with E-state index in [2.05, 4.69) is 0 Å². The van der Waals surface area contributed by atoms with E-state index in [1.165, 1.54) is 11.8 Å². The van der Waals surface area contributed by atoms with Gasteiger partial charge in [-0.2, -0.15) is 0 Å². The van der Waals surface area contributed by atoms with E-state index >= 15 is 0 Å². The molecule has 0 fully saturated rings. The van der Waals surface area contributed by atoms with Gasteiger partial charge in [0.1, 0.15) is 11.5 Å². The Morgan fingerprint density at radius 3 is 2.52 bits per heavy atom. The number of nitrogens with two attached hydrogens (primary N) is 1. The molecule has 2 aromatic carbocycles. The molecule has 0 unspecified atom stereocenters. The molecule has 0 aliphatic rings. The Hall–Kier alpha value is -2.14. The summed E-state index contributed by atoms with van der Waals surface area (Å²) in [6, 6.07) is 14.4. The van der Waals surface area contributed by atoms with Gasteiger partial charge in [0.05, 0.1) is 12.4 Å². The molecule has 0 saturated carbocycles. The second-order valence-corrected chi connectivity index (χ2v) is 5.29. The van der Waals surface area contributed by atoms with Gasteiger partial charge in [-0.05, 0) is 49.4 Å². The molecule has 0 spiro atoms. The van der Waals surface area contributed by atoms with Gasteiger partial charge in [-0.1, -0.05) is 6.07 Å². The molecule has 4 nitrogen and oxygen atoms in total. The Balaban J connectivity index is 1.84. The number of benzene rings is 2. The number of rotatable bonds is 6. The summed E-state index contributed by atoms with van der Waals surface area (Å²) in [5.41, 5.74) is 6.37. The highest BCUT2D eigenvalue weighted by atomic mass is 32.2. The smallest absolute Gasteiger partial charge is 0.321 e. The Morgan fingerprint density at radius 2 is 1.86 bits per heavy atom. The van der Waals surface area contributed by atoms with Gasteiger partial charge >= 0.3 is 5.97 Å². The standard InChI is InChI=1S/C16H17NO3S/c1-2-19-13-6-8-14(9-7-13)20-16(18)11-21-15-5-3-4-12(17)10-15/h3-10H,2,11,17H2,1H3. The topological polar surface area (TPSA) is 61.5 Å². The van der Waals surface area contributed by atoms with Crippen LogP contribution in [0.5, 0.6) is 11.5 Å². The number of hydrogen-bond acceptors (Lipinski definition) is 5. The largest absolute Gasteiger partial charge is 0.494 e. The molecule has 21 heavy (non-hydrogen) atoms. The van der Waals surface area contributed by atoms with Crippen molar-refractivity contribution in [2.24, 2.45) is 0 Å². The minimum Gasteiger partial charge on any atom is -0.494 e. The summed E-state index contributed by atoms with van der Waals surface area (Å²) in [5.74, 6) is 1.20. The molecule has 0 bridgehead atoms. The highest BCUT2D eigenvalue weighted by Crippen LogP contribution is 2.22. The van der Waals surface area contributed by atoms with Gasteiger partial charge in [0.15, 0.2) is 0 Å². The van der Waals surface area contributed by atoms with E-state index in [1.54, 1.807) is 24.3 Å². The molecular weight excluding hydrogens is 286 g/mol. The van der Waals surface area contributed by atoms with Crippen LogP contribution in [0.3, 0.4) is 0 Å². The van der Waals surface area contributed by atoms with E-state index in [0.717, 1.165) is 10.6 Å². The van der Waals surface area contributed by atoms with Gasteiger partial charge < -0.3 is 15.2 Å². The summed E-state index contributed by atoms with van der Waals surface area (Å²) in [4.78, 5) is 12.7. The van der Waals surface area contributed by atoms with Gasteiger partial charge in [0.25, 0.3) is 0 Å². The summed E-state index contributed by atoms with van der Waals surface area (Å²) in [5, 5.41) is 0. The number of anilines is 1. The first-order valence-corrected chi connectivity index (χ1v) is 7.58. The third-order valence-electron chi connectivity index (χ3n) is 2.58. The fraction of sp³-hybridized carbons (Fsp3) is 0.188. The van der Waals surface area contributed by atoms with Crippen LogP contribution in [-0.4, -0.2) is 18.3 Å². The molecule has 2 N–H and O–H groups in total. The van der Waals surface area contributed by atoms with E-state index < -0.39 is 0 Å². The fourth-order valence-electron chi connectivity index (χ4n) is 1.68. The molecule has 0 amide bonds. The average Bonchev–Trinajstić information content (AvgIpc) is 2.48. The zero-order valence-electron chi connectivity index (χ0n) is 11.7. The highest BCUT2D eigenvalue weighted by molar-refractivity contribution is 8.00. The minimum atomic E-state index is -0.299. The van der Waals surface area contributed by atoms with E-state index in [0.29, 0.717) is 18.0 Å². The number of hydrogen-bond donors (Lipinski definition) is 1. The lowest BCUT2D eigenvalue weighted by Gasteiger charge is -2.06. The first-order valence-electron chi connectivity index (χ1n) is 6.59.